The van der Waals surface area contributed by atoms with Crippen molar-refractivity contribution in [1.82, 2.24) is 24.3 Å². The Balaban J connectivity index is 1.79. The number of fused-ring (bicyclic) bond motifs is 1. The molecule has 0 fully saturated rings. The molecule has 0 saturated carbocycles. The minimum Gasteiger partial charge on any atom is -0.480 e. The molecule has 0 N–H and O–H groups in total. The first-order valence-corrected chi connectivity index (χ1v) is 12.5. The van der Waals surface area contributed by atoms with E-state index in [0.717, 1.165) is 5.56 Å². The van der Waals surface area contributed by atoms with Gasteiger partial charge in [0.25, 0.3) is 5.91 Å². The van der Waals surface area contributed by atoms with Crippen molar-refractivity contribution in [3.05, 3.63) is 70.4 Å². The van der Waals surface area contributed by atoms with Crippen LogP contribution in [0.25, 0.3) is 11.3 Å². The Labute approximate surface area is 225 Å². The van der Waals surface area contributed by atoms with Gasteiger partial charge in [-0.2, -0.15) is 15.3 Å². The number of rotatable bonds is 6. The first-order valence-electron chi connectivity index (χ1n) is 12.5. The molecule has 4 heterocycles. The van der Waals surface area contributed by atoms with E-state index >= 15 is 4.39 Å². The summed E-state index contributed by atoms with van der Waals surface area (Å²) in [6.07, 6.45) is 1.69. The number of aromatic nitrogens is 5. The summed E-state index contributed by atoms with van der Waals surface area (Å²) in [5, 5.41) is 13.6. The number of methoxy groups -OCH3 is 1. The molecule has 0 saturated heterocycles. The van der Waals surface area contributed by atoms with Gasteiger partial charge < -0.3 is 14.2 Å². The molecule has 1 atom stereocenters. The van der Waals surface area contributed by atoms with Crippen LogP contribution in [0.3, 0.4) is 0 Å². The van der Waals surface area contributed by atoms with Crippen LogP contribution in [-0.4, -0.2) is 51.4 Å². The minimum absolute atomic E-state index is 0.0798. The average molecular weight is 529 g/mol. The van der Waals surface area contributed by atoms with Gasteiger partial charge in [0, 0.05) is 33.4 Å². The van der Waals surface area contributed by atoms with E-state index < -0.39 is 11.9 Å². The second-order valence-corrected chi connectivity index (χ2v) is 9.94. The number of anilines is 2. The summed E-state index contributed by atoms with van der Waals surface area (Å²) >= 11 is 0. The van der Waals surface area contributed by atoms with E-state index in [0.29, 0.717) is 39.9 Å². The second kappa shape index (κ2) is 9.54. The third-order valence-corrected chi connectivity index (χ3v) is 6.87. The molecule has 11 heteroatoms. The van der Waals surface area contributed by atoms with Gasteiger partial charge in [0.1, 0.15) is 6.04 Å². The summed E-state index contributed by atoms with van der Waals surface area (Å²) in [6.45, 7) is 5.60. The van der Waals surface area contributed by atoms with Gasteiger partial charge in [0.05, 0.1) is 47.0 Å². The van der Waals surface area contributed by atoms with Gasteiger partial charge in [-0.15, -0.1) is 0 Å². The highest BCUT2D eigenvalue weighted by Gasteiger charge is 2.46. The van der Waals surface area contributed by atoms with E-state index in [9.17, 15) is 10.1 Å². The maximum absolute atomic E-state index is 15.4. The summed E-state index contributed by atoms with van der Waals surface area (Å²) in [5.41, 5.74) is 3.90. The largest absolute Gasteiger partial charge is 0.480 e. The molecular weight excluding hydrogens is 499 g/mol. The quantitative estimate of drug-likeness (QED) is 0.365. The number of carbonyl (C=O) groups is 1. The monoisotopic (exact) mass is 528 g/mol. The Kier molecular flexibility index (Phi) is 6.34. The van der Waals surface area contributed by atoms with E-state index in [-0.39, 0.29) is 23.5 Å². The highest BCUT2D eigenvalue weighted by Crippen LogP contribution is 2.47. The molecule has 5 rings (SSSR count). The van der Waals surface area contributed by atoms with Crippen LogP contribution in [0.5, 0.6) is 5.88 Å². The lowest BCUT2D eigenvalue weighted by molar-refractivity contribution is 0.0991. The number of ether oxygens (including phenoxy) is 1. The molecule has 0 bridgehead atoms. The third kappa shape index (κ3) is 4.00. The van der Waals surface area contributed by atoms with Gasteiger partial charge in [-0.05, 0) is 44.5 Å². The van der Waals surface area contributed by atoms with Gasteiger partial charge in [-0.3, -0.25) is 9.69 Å². The predicted molar refractivity (Wildman–Crippen MR) is 144 cm³/mol. The van der Waals surface area contributed by atoms with Crippen molar-refractivity contribution in [1.29, 1.82) is 5.26 Å². The number of carbonyl (C=O) groups excluding carboxylic acids is 1. The Hall–Kier alpha value is -4.72. The smallest absolute Gasteiger partial charge is 0.262 e. The zero-order valence-corrected chi connectivity index (χ0v) is 22.9. The SMILES string of the molecule is COc1nc(N(C)C)ncc1-c1cc2c(n1C(C)C)C(c1ccc(C#N)cc1)N(c1c(F)c(C)nn1C)C2=O. The molecule has 39 heavy (non-hydrogen) atoms. The summed E-state index contributed by atoms with van der Waals surface area (Å²) < 4.78 is 24.5. The van der Waals surface area contributed by atoms with Crippen molar-refractivity contribution < 1.29 is 13.9 Å². The lowest BCUT2D eigenvalue weighted by atomic mass is 10.0. The van der Waals surface area contributed by atoms with Crippen LogP contribution in [-0.2, 0) is 7.05 Å². The Morgan fingerprint density at radius 1 is 1.18 bits per heavy atom. The van der Waals surface area contributed by atoms with Crippen molar-refractivity contribution in [2.75, 3.05) is 31.0 Å². The van der Waals surface area contributed by atoms with Crippen molar-refractivity contribution >= 4 is 17.7 Å². The Bertz CT molecular complexity index is 1630. The molecule has 0 spiro atoms. The zero-order chi connectivity index (χ0) is 28.2. The van der Waals surface area contributed by atoms with E-state index in [2.05, 4.69) is 21.1 Å². The van der Waals surface area contributed by atoms with Crippen LogP contribution in [0.4, 0.5) is 16.2 Å². The van der Waals surface area contributed by atoms with Crippen LogP contribution >= 0.6 is 0 Å². The number of amides is 1. The fourth-order valence-electron chi connectivity index (χ4n) is 5.17. The van der Waals surface area contributed by atoms with Crippen molar-refractivity contribution in [2.45, 2.75) is 32.9 Å². The molecule has 4 aromatic rings. The summed E-state index contributed by atoms with van der Waals surface area (Å²) in [6, 6.07) is 10.2. The Morgan fingerprint density at radius 3 is 2.41 bits per heavy atom. The van der Waals surface area contributed by atoms with Crippen LogP contribution in [0.1, 0.15) is 58.8 Å². The molecule has 10 nitrogen and oxygen atoms in total. The minimum atomic E-state index is -0.673. The summed E-state index contributed by atoms with van der Waals surface area (Å²) in [4.78, 5) is 26.4. The summed E-state index contributed by atoms with van der Waals surface area (Å²) in [5.74, 6) is 0.0352. The van der Waals surface area contributed by atoms with Gasteiger partial charge in [0.15, 0.2) is 11.6 Å². The van der Waals surface area contributed by atoms with Crippen molar-refractivity contribution in [3.63, 3.8) is 0 Å². The first-order chi connectivity index (χ1) is 18.6. The number of halogens is 1. The topological polar surface area (TPSA) is 105 Å². The fraction of sp³-hybridized carbons (Fsp3) is 0.321. The van der Waals surface area contributed by atoms with Gasteiger partial charge in [0.2, 0.25) is 11.8 Å². The average Bonchev–Trinajstić information content (AvgIpc) is 3.51. The molecule has 1 aromatic carbocycles. The van der Waals surface area contributed by atoms with E-state index in [1.165, 1.54) is 9.58 Å². The molecule has 200 valence electrons. The van der Waals surface area contributed by atoms with Crippen LogP contribution in [0, 0.1) is 24.1 Å². The second-order valence-electron chi connectivity index (χ2n) is 9.94. The molecule has 1 aliphatic rings. The third-order valence-electron chi connectivity index (χ3n) is 6.87. The van der Waals surface area contributed by atoms with Crippen LogP contribution in [0.2, 0.25) is 0 Å². The van der Waals surface area contributed by atoms with Crippen molar-refractivity contribution in [3.8, 4) is 23.2 Å². The number of hydrogen-bond donors (Lipinski definition) is 0. The first kappa shape index (κ1) is 25.9. The molecule has 1 unspecified atom stereocenters. The number of hydrogen-bond acceptors (Lipinski definition) is 7. The van der Waals surface area contributed by atoms with E-state index in [4.69, 9.17) is 4.74 Å². The number of aryl methyl sites for hydroxylation is 2. The highest BCUT2D eigenvalue weighted by atomic mass is 19.1. The molecular formula is C28H29FN8O2. The zero-order valence-electron chi connectivity index (χ0n) is 22.9. The highest BCUT2D eigenvalue weighted by molar-refractivity contribution is 6.12. The number of nitrogens with zero attached hydrogens (tertiary/aromatic N) is 8. The standard InChI is InChI=1S/C28H29FN8O2/c1-15(2)36-21(20-14-31-28(34(4)5)32-25(20)39-7)12-19-24(36)23(18-10-8-17(13-30)9-11-18)37(27(19)38)26-22(29)16(3)33-35(26)6/h8-12,14-15,23H,1-7H3. The lowest BCUT2D eigenvalue weighted by Crippen LogP contribution is -2.32. The molecule has 1 aliphatic heterocycles. The maximum atomic E-state index is 15.4. The lowest BCUT2D eigenvalue weighted by Gasteiger charge is -2.29. The van der Waals surface area contributed by atoms with Crippen molar-refractivity contribution in [2.24, 2.45) is 7.05 Å². The van der Waals surface area contributed by atoms with Crippen LogP contribution in [0.15, 0.2) is 36.5 Å². The summed E-state index contributed by atoms with van der Waals surface area (Å²) in [7, 11) is 6.85. The van der Waals surface area contributed by atoms with Gasteiger partial charge >= 0.3 is 0 Å². The fourth-order valence-corrected chi connectivity index (χ4v) is 5.17. The van der Waals surface area contributed by atoms with E-state index in [1.54, 1.807) is 62.5 Å². The predicted octanol–water partition coefficient (Wildman–Crippen LogP) is 4.40. The Morgan fingerprint density at radius 2 is 1.87 bits per heavy atom. The number of nitriles is 1. The molecule has 3 aromatic heterocycles. The van der Waals surface area contributed by atoms with Gasteiger partial charge in [-0.1, -0.05) is 12.1 Å². The molecule has 0 aliphatic carbocycles. The van der Waals surface area contributed by atoms with Crippen LogP contribution < -0.4 is 14.5 Å². The van der Waals surface area contributed by atoms with Gasteiger partial charge in [-0.25, -0.2) is 14.1 Å². The maximum Gasteiger partial charge on any atom is 0.262 e. The normalized spacial score (nSPS) is 14.6. The molecule has 1 amide bonds. The number of benzene rings is 1. The van der Waals surface area contributed by atoms with E-state index in [1.807, 2.05) is 32.5 Å². The molecule has 0 radical (unpaired) electrons.